The number of aliphatic hydroxyl groups excluding tert-OH is 1. The van der Waals surface area contributed by atoms with E-state index in [1.165, 1.54) is 14.2 Å². The van der Waals surface area contributed by atoms with Crippen LogP contribution in [0, 0.1) is 0 Å². The van der Waals surface area contributed by atoms with Gasteiger partial charge in [0.25, 0.3) is 5.91 Å². The number of hydrogen-bond donors (Lipinski definition) is 1. The topological polar surface area (TPSA) is 106 Å². The number of aromatic nitrogens is 4. The van der Waals surface area contributed by atoms with Crippen molar-refractivity contribution < 1.29 is 19.4 Å². The molecule has 2 aliphatic heterocycles. The molecule has 10 heteroatoms. The molecule has 1 fully saturated rings. The van der Waals surface area contributed by atoms with E-state index in [1.807, 2.05) is 0 Å². The molecule has 0 radical (unpaired) electrons. The normalized spacial score (nSPS) is 21.7. The molecule has 2 aromatic rings. The molecular weight excluding hydrogens is 388 g/mol. The maximum Gasteiger partial charge on any atom is 0.259 e. The highest BCUT2D eigenvalue weighted by Crippen LogP contribution is 2.34. The summed E-state index contributed by atoms with van der Waals surface area (Å²) in [6.45, 7) is 6.37. The first-order valence-electron chi connectivity index (χ1n) is 10.2. The third-order valence-corrected chi connectivity index (χ3v) is 5.82. The Morgan fingerprint density at radius 3 is 2.70 bits per heavy atom. The largest absolute Gasteiger partial charge is 0.481 e. The molecule has 0 spiro atoms. The Bertz CT molecular complexity index is 930. The van der Waals surface area contributed by atoms with Gasteiger partial charge in [0, 0.05) is 31.7 Å². The number of aliphatic hydroxyl groups is 1. The van der Waals surface area contributed by atoms with Gasteiger partial charge in [-0.05, 0) is 26.3 Å². The van der Waals surface area contributed by atoms with Crippen LogP contribution >= 0.6 is 0 Å². The fraction of sp³-hybridized carbons (Fsp3) is 0.600. The van der Waals surface area contributed by atoms with Crippen molar-refractivity contribution in [2.45, 2.75) is 51.5 Å². The zero-order valence-corrected chi connectivity index (χ0v) is 17.8. The molecule has 1 N–H and O–H groups in total. The van der Waals surface area contributed by atoms with Gasteiger partial charge in [-0.2, -0.15) is 4.98 Å². The van der Waals surface area contributed by atoms with Gasteiger partial charge in [0.15, 0.2) is 11.6 Å². The number of ether oxygens (including phenoxy) is 2. The fourth-order valence-electron chi connectivity index (χ4n) is 4.29. The molecule has 1 amide bonds. The average Bonchev–Trinajstić information content (AvgIpc) is 3.35. The molecule has 0 aromatic carbocycles. The molecule has 0 bridgehead atoms. The number of β-amino-alcohol motifs (C(OH)–C–C–N with tert-alkyl or cyclic N) is 1. The van der Waals surface area contributed by atoms with Crippen molar-refractivity contribution in [2.75, 3.05) is 27.3 Å². The fourth-order valence-corrected chi connectivity index (χ4v) is 4.29. The Labute approximate surface area is 175 Å². The molecule has 10 nitrogen and oxygen atoms in total. The molecule has 30 heavy (non-hydrogen) atoms. The Balaban J connectivity index is 1.55. The van der Waals surface area contributed by atoms with Gasteiger partial charge in [0.2, 0.25) is 11.8 Å². The average molecular weight is 416 g/mol. The quantitative estimate of drug-likeness (QED) is 0.765. The third kappa shape index (κ3) is 3.61. The van der Waals surface area contributed by atoms with Crippen LogP contribution in [0.3, 0.4) is 0 Å². The van der Waals surface area contributed by atoms with Crippen LogP contribution in [-0.2, 0) is 13.1 Å². The highest BCUT2D eigenvalue weighted by atomic mass is 16.5. The van der Waals surface area contributed by atoms with Gasteiger partial charge >= 0.3 is 0 Å². The standard InChI is InChI=1S/C20H28N6O4/c1-12(2)26-10-13(27)9-15(26)18-23-22-16-11-24(7-8-25(16)18)20(28)14-5-6-17(29-3)21-19(14)30-4/h5-6,12-13,15,27H,7-11H2,1-4H3/t13-,15-/m0/s1. The zero-order valence-electron chi connectivity index (χ0n) is 17.8. The van der Waals surface area contributed by atoms with E-state index < -0.39 is 0 Å². The van der Waals surface area contributed by atoms with Crippen LogP contribution in [0.15, 0.2) is 12.1 Å². The first-order valence-corrected chi connectivity index (χ1v) is 10.2. The predicted molar refractivity (Wildman–Crippen MR) is 107 cm³/mol. The monoisotopic (exact) mass is 416 g/mol. The molecule has 0 unspecified atom stereocenters. The molecule has 0 aliphatic carbocycles. The molecule has 162 valence electrons. The summed E-state index contributed by atoms with van der Waals surface area (Å²) in [4.78, 5) is 21.3. The maximum atomic E-state index is 13.1. The lowest BCUT2D eigenvalue weighted by Crippen LogP contribution is -2.40. The predicted octanol–water partition coefficient (Wildman–Crippen LogP) is 0.862. The first kappa shape index (κ1) is 20.5. The van der Waals surface area contributed by atoms with E-state index in [0.29, 0.717) is 50.1 Å². The molecule has 2 aromatic heterocycles. The Kier molecular flexibility index (Phi) is 5.61. The highest BCUT2D eigenvalue weighted by Gasteiger charge is 2.38. The van der Waals surface area contributed by atoms with Crippen molar-refractivity contribution >= 4 is 5.91 Å². The summed E-state index contributed by atoms with van der Waals surface area (Å²) in [5, 5.41) is 19.0. The van der Waals surface area contributed by atoms with Crippen molar-refractivity contribution in [1.29, 1.82) is 0 Å². The van der Waals surface area contributed by atoms with Gasteiger partial charge in [-0.25, -0.2) is 0 Å². The summed E-state index contributed by atoms with van der Waals surface area (Å²) in [6.07, 6.45) is 0.287. The van der Waals surface area contributed by atoms with Crippen molar-refractivity contribution in [1.82, 2.24) is 29.5 Å². The van der Waals surface area contributed by atoms with E-state index in [4.69, 9.17) is 9.47 Å². The van der Waals surface area contributed by atoms with Crippen LogP contribution in [-0.4, -0.2) is 80.0 Å². The van der Waals surface area contributed by atoms with Gasteiger partial charge in [-0.1, -0.05) is 0 Å². The maximum absolute atomic E-state index is 13.1. The van der Waals surface area contributed by atoms with Crippen LogP contribution in [0.4, 0.5) is 0 Å². The minimum atomic E-state index is -0.359. The van der Waals surface area contributed by atoms with Crippen molar-refractivity contribution in [2.24, 2.45) is 0 Å². The summed E-state index contributed by atoms with van der Waals surface area (Å²) in [5.41, 5.74) is 0.386. The van der Waals surface area contributed by atoms with E-state index in [1.54, 1.807) is 17.0 Å². The molecule has 4 rings (SSSR count). The molecular formula is C20H28N6O4. The molecule has 2 aliphatic rings. The van der Waals surface area contributed by atoms with E-state index in [9.17, 15) is 9.90 Å². The number of fused-ring (bicyclic) bond motifs is 1. The third-order valence-electron chi connectivity index (χ3n) is 5.82. The van der Waals surface area contributed by atoms with Crippen molar-refractivity contribution in [3.8, 4) is 11.8 Å². The molecule has 1 saturated heterocycles. The summed E-state index contributed by atoms with van der Waals surface area (Å²) >= 11 is 0. The number of likely N-dealkylation sites (tertiary alicyclic amines) is 1. The number of hydrogen-bond acceptors (Lipinski definition) is 8. The minimum Gasteiger partial charge on any atom is -0.481 e. The lowest BCUT2D eigenvalue weighted by molar-refractivity contribution is 0.0699. The Hall–Kier alpha value is -2.72. The summed E-state index contributed by atoms with van der Waals surface area (Å²) in [7, 11) is 3.00. The second-order valence-corrected chi connectivity index (χ2v) is 7.96. The van der Waals surface area contributed by atoms with E-state index in [0.717, 1.165) is 11.6 Å². The van der Waals surface area contributed by atoms with Gasteiger partial charge < -0.3 is 24.0 Å². The molecule has 0 saturated carbocycles. The molecule has 4 heterocycles. The summed E-state index contributed by atoms with van der Waals surface area (Å²) in [6, 6.07) is 3.65. The highest BCUT2D eigenvalue weighted by molar-refractivity contribution is 5.96. The van der Waals surface area contributed by atoms with E-state index >= 15 is 0 Å². The van der Waals surface area contributed by atoms with E-state index in [-0.39, 0.29) is 23.9 Å². The van der Waals surface area contributed by atoms with Crippen molar-refractivity contribution in [3.63, 3.8) is 0 Å². The van der Waals surface area contributed by atoms with Crippen LogP contribution < -0.4 is 9.47 Å². The van der Waals surface area contributed by atoms with Crippen LogP contribution in [0.1, 0.15) is 48.3 Å². The number of carbonyl (C=O) groups is 1. The minimum absolute atomic E-state index is 0.0365. The van der Waals surface area contributed by atoms with E-state index in [2.05, 4.69) is 38.5 Å². The van der Waals surface area contributed by atoms with Gasteiger partial charge in [-0.15, -0.1) is 10.2 Å². The lowest BCUT2D eigenvalue weighted by atomic mass is 10.1. The van der Waals surface area contributed by atoms with Gasteiger partial charge in [0.1, 0.15) is 5.56 Å². The summed E-state index contributed by atoms with van der Waals surface area (Å²) in [5.74, 6) is 2.07. The van der Waals surface area contributed by atoms with Crippen LogP contribution in [0.25, 0.3) is 0 Å². The number of carbonyl (C=O) groups excluding carboxylic acids is 1. The second kappa shape index (κ2) is 8.19. The smallest absolute Gasteiger partial charge is 0.259 e. The lowest BCUT2D eigenvalue weighted by Gasteiger charge is -2.31. The SMILES string of the molecule is COc1ccc(C(=O)N2CCn3c(nnc3[C@@H]3C[C@H](O)CN3C(C)C)C2)c(OC)n1. The van der Waals surface area contributed by atoms with Gasteiger partial charge in [-0.3, -0.25) is 9.69 Å². The first-order chi connectivity index (χ1) is 14.4. The Morgan fingerprint density at radius 2 is 2.00 bits per heavy atom. The Morgan fingerprint density at radius 1 is 1.20 bits per heavy atom. The number of amides is 1. The van der Waals surface area contributed by atoms with Gasteiger partial charge in [0.05, 0.1) is 32.9 Å². The summed E-state index contributed by atoms with van der Waals surface area (Å²) < 4.78 is 12.5. The number of pyridine rings is 1. The number of nitrogens with zero attached hydrogens (tertiary/aromatic N) is 6. The van der Waals surface area contributed by atoms with Crippen LogP contribution in [0.2, 0.25) is 0 Å². The van der Waals surface area contributed by atoms with Crippen LogP contribution in [0.5, 0.6) is 11.8 Å². The second-order valence-electron chi connectivity index (χ2n) is 7.96. The molecule has 2 atom stereocenters. The number of rotatable bonds is 5. The zero-order chi connectivity index (χ0) is 21.4. The van der Waals surface area contributed by atoms with Crippen molar-refractivity contribution in [3.05, 3.63) is 29.3 Å². The number of methoxy groups -OCH3 is 2.